The average Bonchev–Trinajstić information content (AvgIpc) is 2.40. The van der Waals surface area contributed by atoms with Gasteiger partial charge in [0.2, 0.25) is 0 Å². The summed E-state index contributed by atoms with van der Waals surface area (Å²) >= 11 is 0. The van der Waals surface area contributed by atoms with Gasteiger partial charge in [-0.05, 0) is 12.1 Å². The van der Waals surface area contributed by atoms with Gasteiger partial charge in [-0.1, -0.05) is 6.07 Å². The average molecular weight is 313 g/mol. The lowest BCUT2D eigenvalue weighted by Gasteiger charge is -2.09. The molecule has 110 valence electrons. The fourth-order valence-electron chi connectivity index (χ4n) is 1.52. The van der Waals surface area contributed by atoms with Crippen LogP contribution in [0.1, 0.15) is 0 Å². The topological polar surface area (TPSA) is 122 Å². The van der Waals surface area contributed by atoms with E-state index < -0.39 is 42.8 Å². The number of nitro groups is 1. The Labute approximate surface area is 118 Å². The Kier molecular flexibility index (Phi) is 3.72. The number of hydrogen-bond donors (Lipinski definition) is 2. The van der Waals surface area contributed by atoms with Crippen LogP contribution in [-0.2, 0) is 10.0 Å². The first-order valence-corrected chi connectivity index (χ1v) is 6.89. The zero-order chi connectivity index (χ0) is 15.6. The van der Waals surface area contributed by atoms with E-state index in [0.717, 1.165) is 24.5 Å². The maximum Gasteiger partial charge on any atom is 0.297 e. The van der Waals surface area contributed by atoms with Crippen LogP contribution < -0.4 is 4.72 Å². The summed E-state index contributed by atoms with van der Waals surface area (Å²) in [5, 5.41) is 20.4. The number of phenolic OH excluding ortho intramolecular Hbond substituents is 1. The molecule has 2 rings (SSSR count). The van der Waals surface area contributed by atoms with E-state index in [1.54, 1.807) is 0 Å². The summed E-state index contributed by atoms with van der Waals surface area (Å²) < 4.78 is 38.9. The summed E-state index contributed by atoms with van der Waals surface area (Å²) in [5.74, 6) is -1.51. The highest BCUT2D eigenvalue weighted by atomic mass is 32.2. The van der Waals surface area contributed by atoms with Crippen LogP contribution in [0.25, 0.3) is 0 Å². The predicted molar refractivity (Wildman–Crippen MR) is 69.8 cm³/mol. The molecule has 0 bridgehead atoms. The SMILES string of the molecule is O=[N+]([O-])c1cccc(O)c1NS(=O)(=O)c1cncc(F)c1. The Morgan fingerprint density at radius 1 is 1.33 bits per heavy atom. The van der Waals surface area contributed by atoms with Crippen molar-refractivity contribution < 1.29 is 22.8 Å². The van der Waals surface area contributed by atoms with Crippen molar-refractivity contribution in [1.29, 1.82) is 0 Å². The van der Waals surface area contributed by atoms with Crippen molar-refractivity contribution in [2.75, 3.05) is 4.72 Å². The van der Waals surface area contributed by atoms with Gasteiger partial charge in [0.25, 0.3) is 15.7 Å². The molecule has 1 heterocycles. The van der Waals surface area contributed by atoms with E-state index in [1.165, 1.54) is 6.07 Å². The fourth-order valence-corrected chi connectivity index (χ4v) is 2.58. The molecule has 1 aromatic heterocycles. The van der Waals surface area contributed by atoms with Crippen molar-refractivity contribution in [2.45, 2.75) is 4.90 Å². The molecule has 10 heteroatoms. The van der Waals surface area contributed by atoms with E-state index in [9.17, 15) is 28.0 Å². The number of nitrogens with one attached hydrogen (secondary N) is 1. The second-order valence-corrected chi connectivity index (χ2v) is 5.56. The molecule has 0 saturated carbocycles. The quantitative estimate of drug-likeness (QED) is 0.502. The number of aromatic hydroxyl groups is 1. The molecule has 0 spiro atoms. The molecule has 2 aromatic rings. The van der Waals surface area contributed by atoms with E-state index in [2.05, 4.69) is 4.98 Å². The third kappa shape index (κ3) is 3.05. The fraction of sp³-hybridized carbons (Fsp3) is 0. The lowest BCUT2D eigenvalue weighted by molar-refractivity contribution is -0.383. The Morgan fingerprint density at radius 2 is 2.05 bits per heavy atom. The molecule has 0 saturated heterocycles. The number of pyridine rings is 1. The van der Waals surface area contributed by atoms with Crippen LogP contribution >= 0.6 is 0 Å². The summed E-state index contributed by atoms with van der Waals surface area (Å²) in [6, 6.07) is 3.98. The van der Waals surface area contributed by atoms with Gasteiger partial charge in [-0.2, -0.15) is 0 Å². The van der Waals surface area contributed by atoms with Gasteiger partial charge in [0.1, 0.15) is 16.5 Å². The van der Waals surface area contributed by atoms with E-state index in [-0.39, 0.29) is 0 Å². The molecule has 0 atom stereocenters. The van der Waals surface area contributed by atoms with Crippen molar-refractivity contribution >= 4 is 21.4 Å². The monoisotopic (exact) mass is 313 g/mol. The van der Waals surface area contributed by atoms with Crippen LogP contribution in [0.15, 0.2) is 41.6 Å². The normalized spacial score (nSPS) is 11.1. The molecule has 0 fully saturated rings. The van der Waals surface area contributed by atoms with E-state index in [1.807, 2.05) is 4.72 Å². The first-order valence-electron chi connectivity index (χ1n) is 5.41. The maximum absolute atomic E-state index is 13.0. The standard InChI is InChI=1S/C11H8FN3O5S/c12-7-4-8(6-13-5-7)21(19,20)14-11-9(15(17)18)2-1-3-10(11)16/h1-6,14,16H. The van der Waals surface area contributed by atoms with Crippen LogP contribution in [0.2, 0.25) is 0 Å². The lowest BCUT2D eigenvalue weighted by atomic mass is 10.2. The molecule has 0 aliphatic heterocycles. The summed E-state index contributed by atoms with van der Waals surface area (Å²) in [5.41, 5.74) is -1.24. The van der Waals surface area contributed by atoms with Crippen LogP contribution in [-0.4, -0.2) is 23.4 Å². The van der Waals surface area contributed by atoms with E-state index in [4.69, 9.17) is 0 Å². The number of halogens is 1. The van der Waals surface area contributed by atoms with Gasteiger partial charge >= 0.3 is 0 Å². The van der Waals surface area contributed by atoms with Gasteiger partial charge in [0, 0.05) is 12.3 Å². The molecular formula is C11H8FN3O5S. The lowest BCUT2D eigenvalue weighted by Crippen LogP contribution is -2.14. The molecular weight excluding hydrogens is 305 g/mol. The molecule has 0 aliphatic carbocycles. The minimum atomic E-state index is -4.33. The molecule has 0 amide bonds. The predicted octanol–water partition coefficient (Wildman–Crippen LogP) is 1.64. The first-order chi connectivity index (χ1) is 9.81. The van der Waals surface area contributed by atoms with Crippen LogP contribution in [0, 0.1) is 15.9 Å². The number of nitrogens with zero attached hydrogens (tertiary/aromatic N) is 2. The Hall–Kier alpha value is -2.75. The first kappa shape index (κ1) is 14.7. The number of phenols is 1. The maximum atomic E-state index is 13.0. The highest BCUT2D eigenvalue weighted by Crippen LogP contribution is 2.34. The summed E-state index contributed by atoms with van der Waals surface area (Å²) in [4.78, 5) is 12.8. The number of aromatic nitrogens is 1. The molecule has 2 N–H and O–H groups in total. The second kappa shape index (κ2) is 5.32. The minimum absolute atomic E-state index is 0.528. The van der Waals surface area contributed by atoms with Gasteiger partial charge in [-0.25, -0.2) is 12.8 Å². The van der Waals surface area contributed by atoms with Gasteiger partial charge in [-0.15, -0.1) is 0 Å². The van der Waals surface area contributed by atoms with E-state index >= 15 is 0 Å². The van der Waals surface area contributed by atoms with Crippen LogP contribution in [0.5, 0.6) is 5.75 Å². The number of rotatable bonds is 4. The summed E-state index contributed by atoms with van der Waals surface area (Å²) in [6.07, 6.45) is 1.68. The van der Waals surface area contributed by atoms with Crippen molar-refractivity contribution in [1.82, 2.24) is 4.98 Å². The third-order valence-electron chi connectivity index (χ3n) is 2.44. The highest BCUT2D eigenvalue weighted by Gasteiger charge is 2.24. The Balaban J connectivity index is 2.49. The van der Waals surface area contributed by atoms with Crippen molar-refractivity contribution in [2.24, 2.45) is 0 Å². The number of hydrogen-bond acceptors (Lipinski definition) is 6. The number of sulfonamides is 1. The van der Waals surface area contributed by atoms with Crippen LogP contribution in [0.4, 0.5) is 15.8 Å². The number of anilines is 1. The molecule has 21 heavy (non-hydrogen) atoms. The van der Waals surface area contributed by atoms with Crippen molar-refractivity contribution in [3.63, 3.8) is 0 Å². The van der Waals surface area contributed by atoms with Crippen molar-refractivity contribution in [3.8, 4) is 5.75 Å². The molecule has 8 nitrogen and oxygen atoms in total. The summed E-state index contributed by atoms with van der Waals surface area (Å²) in [7, 11) is -4.33. The Morgan fingerprint density at radius 3 is 2.67 bits per heavy atom. The van der Waals surface area contributed by atoms with Gasteiger partial charge < -0.3 is 5.11 Å². The van der Waals surface area contributed by atoms with Gasteiger partial charge in [0.05, 0.1) is 11.1 Å². The van der Waals surface area contributed by atoms with Crippen LogP contribution in [0.3, 0.4) is 0 Å². The zero-order valence-electron chi connectivity index (χ0n) is 10.2. The number of nitro benzene ring substituents is 1. The largest absolute Gasteiger partial charge is 0.505 e. The molecule has 0 radical (unpaired) electrons. The summed E-state index contributed by atoms with van der Waals surface area (Å²) in [6.45, 7) is 0. The van der Waals surface area contributed by atoms with Crippen molar-refractivity contribution in [3.05, 3.63) is 52.6 Å². The molecule has 1 aromatic carbocycles. The Bertz CT molecular complexity index is 809. The second-order valence-electron chi connectivity index (χ2n) is 3.87. The smallest absolute Gasteiger partial charge is 0.297 e. The zero-order valence-corrected chi connectivity index (χ0v) is 11.0. The third-order valence-corrected chi connectivity index (χ3v) is 3.76. The number of benzene rings is 1. The number of para-hydroxylation sites is 1. The van der Waals surface area contributed by atoms with Gasteiger partial charge in [0.15, 0.2) is 5.69 Å². The highest BCUT2D eigenvalue weighted by molar-refractivity contribution is 7.92. The molecule has 0 aliphatic rings. The van der Waals surface area contributed by atoms with E-state index in [0.29, 0.717) is 6.07 Å². The molecule has 0 unspecified atom stereocenters. The minimum Gasteiger partial charge on any atom is -0.505 e. The van der Waals surface area contributed by atoms with Gasteiger partial charge in [-0.3, -0.25) is 19.8 Å².